The highest BCUT2D eigenvalue weighted by Crippen LogP contribution is 2.29. The summed E-state index contributed by atoms with van der Waals surface area (Å²) in [4.78, 5) is 18.0. The number of methoxy groups -OCH3 is 2. The summed E-state index contributed by atoms with van der Waals surface area (Å²) in [6.45, 7) is 1.22. The van der Waals surface area contributed by atoms with Crippen molar-refractivity contribution in [2.75, 3.05) is 38.8 Å². The second-order valence-electron chi connectivity index (χ2n) is 5.69. The molecule has 3 rings (SSSR count). The number of nitrogens with zero attached hydrogens (tertiary/aromatic N) is 2. The number of halogens is 2. The number of hydrogen-bond donors (Lipinski definition) is 0. The highest BCUT2D eigenvalue weighted by molar-refractivity contribution is 5.92. The molecule has 0 N–H and O–H groups in total. The molecule has 1 aliphatic heterocycles. The standard InChI is InChI=1S/C18H18F2N2O4/c1-24-17-13(18(23)25-2)5-6-16(21-17)22-7-8-26-15(10-22)12-4-3-11(19)9-14(12)20/h3-6,9,15H,7-8,10H2,1-2H3. The molecule has 8 heteroatoms. The number of pyridine rings is 1. The molecule has 0 saturated carbocycles. The van der Waals surface area contributed by atoms with Gasteiger partial charge >= 0.3 is 5.97 Å². The second-order valence-corrected chi connectivity index (χ2v) is 5.69. The third-order valence-electron chi connectivity index (χ3n) is 4.14. The number of carbonyl (C=O) groups excluding carboxylic acids is 1. The van der Waals surface area contributed by atoms with Gasteiger partial charge in [0, 0.05) is 24.7 Å². The van der Waals surface area contributed by atoms with Crippen molar-refractivity contribution >= 4 is 11.8 Å². The van der Waals surface area contributed by atoms with Gasteiger partial charge in [-0.05, 0) is 18.2 Å². The Balaban J connectivity index is 1.84. The smallest absolute Gasteiger partial charge is 0.343 e. The number of aromatic nitrogens is 1. The topological polar surface area (TPSA) is 60.9 Å². The van der Waals surface area contributed by atoms with E-state index in [4.69, 9.17) is 14.2 Å². The first kappa shape index (κ1) is 18.1. The summed E-state index contributed by atoms with van der Waals surface area (Å²) < 4.78 is 42.7. The van der Waals surface area contributed by atoms with Crippen molar-refractivity contribution < 1.29 is 27.8 Å². The first-order valence-corrected chi connectivity index (χ1v) is 7.98. The van der Waals surface area contributed by atoms with Crippen LogP contribution in [-0.4, -0.2) is 44.9 Å². The number of esters is 1. The number of morpholine rings is 1. The molecule has 1 unspecified atom stereocenters. The van der Waals surface area contributed by atoms with E-state index in [9.17, 15) is 13.6 Å². The van der Waals surface area contributed by atoms with Crippen LogP contribution in [0.3, 0.4) is 0 Å². The molecule has 1 saturated heterocycles. The Morgan fingerprint density at radius 3 is 2.77 bits per heavy atom. The monoisotopic (exact) mass is 364 g/mol. The molecule has 0 amide bonds. The fraction of sp³-hybridized carbons (Fsp3) is 0.333. The average Bonchev–Trinajstić information content (AvgIpc) is 2.67. The van der Waals surface area contributed by atoms with Crippen LogP contribution in [0.15, 0.2) is 30.3 Å². The van der Waals surface area contributed by atoms with E-state index in [0.717, 1.165) is 6.07 Å². The van der Waals surface area contributed by atoms with E-state index in [0.29, 0.717) is 25.5 Å². The van der Waals surface area contributed by atoms with Gasteiger partial charge in [0.25, 0.3) is 0 Å². The van der Waals surface area contributed by atoms with Crippen molar-refractivity contribution in [2.45, 2.75) is 6.10 Å². The van der Waals surface area contributed by atoms with Crippen LogP contribution in [-0.2, 0) is 9.47 Å². The minimum atomic E-state index is -0.650. The fourth-order valence-electron chi connectivity index (χ4n) is 2.84. The number of anilines is 1. The Labute approximate surface area is 149 Å². The zero-order chi connectivity index (χ0) is 18.7. The van der Waals surface area contributed by atoms with Gasteiger partial charge in [0.2, 0.25) is 5.88 Å². The lowest BCUT2D eigenvalue weighted by molar-refractivity contribution is 0.0371. The maximum atomic E-state index is 14.0. The molecule has 2 heterocycles. The molecule has 0 bridgehead atoms. The number of benzene rings is 1. The predicted molar refractivity (Wildman–Crippen MR) is 89.4 cm³/mol. The fourth-order valence-corrected chi connectivity index (χ4v) is 2.84. The molecular weight excluding hydrogens is 346 g/mol. The third kappa shape index (κ3) is 3.60. The quantitative estimate of drug-likeness (QED) is 0.778. The number of rotatable bonds is 4. The molecule has 1 atom stereocenters. The Morgan fingerprint density at radius 1 is 1.27 bits per heavy atom. The number of ether oxygens (including phenoxy) is 3. The van der Waals surface area contributed by atoms with Gasteiger partial charge in [-0.1, -0.05) is 6.07 Å². The van der Waals surface area contributed by atoms with E-state index in [1.54, 1.807) is 12.1 Å². The van der Waals surface area contributed by atoms with E-state index in [1.807, 2.05) is 4.90 Å². The molecule has 0 aliphatic carbocycles. The summed E-state index contributed by atoms with van der Waals surface area (Å²) in [5.74, 6) is -1.13. The van der Waals surface area contributed by atoms with E-state index in [-0.39, 0.29) is 17.0 Å². The molecule has 26 heavy (non-hydrogen) atoms. The zero-order valence-electron chi connectivity index (χ0n) is 14.4. The minimum absolute atomic E-state index is 0.144. The van der Waals surface area contributed by atoms with E-state index in [2.05, 4.69) is 4.98 Å². The van der Waals surface area contributed by atoms with E-state index in [1.165, 1.54) is 26.4 Å². The molecule has 1 fully saturated rings. The lowest BCUT2D eigenvalue weighted by Gasteiger charge is -2.34. The van der Waals surface area contributed by atoms with Gasteiger partial charge in [-0.3, -0.25) is 0 Å². The van der Waals surface area contributed by atoms with Crippen LogP contribution < -0.4 is 9.64 Å². The normalized spacial score (nSPS) is 17.1. The molecule has 2 aromatic rings. The van der Waals surface area contributed by atoms with Crippen LogP contribution >= 0.6 is 0 Å². The Hall–Kier alpha value is -2.74. The van der Waals surface area contributed by atoms with Crippen molar-refractivity contribution in [3.8, 4) is 5.88 Å². The van der Waals surface area contributed by atoms with Gasteiger partial charge in [0.05, 0.1) is 20.8 Å². The molecule has 0 radical (unpaired) electrons. The van der Waals surface area contributed by atoms with Crippen molar-refractivity contribution in [1.29, 1.82) is 0 Å². The molecule has 1 aliphatic rings. The van der Waals surface area contributed by atoms with Crippen molar-refractivity contribution in [1.82, 2.24) is 4.98 Å². The zero-order valence-corrected chi connectivity index (χ0v) is 14.4. The summed E-state index contributed by atoms with van der Waals surface area (Å²) in [7, 11) is 2.69. The maximum absolute atomic E-state index is 14.0. The summed E-state index contributed by atoms with van der Waals surface area (Å²) in [5.41, 5.74) is 0.502. The van der Waals surface area contributed by atoms with E-state index < -0.39 is 23.7 Å². The van der Waals surface area contributed by atoms with Crippen LogP contribution in [0.5, 0.6) is 5.88 Å². The lowest BCUT2D eigenvalue weighted by Crippen LogP contribution is -2.39. The summed E-state index contributed by atoms with van der Waals surface area (Å²) in [6, 6.07) is 6.65. The second kappa shape index (κ2) is 7.65. The SMILES string of the molecule is COC(=O)c1ccc(N2CCOC(c3ccc(F)cc3F)C2)nc1OC. The number of hydrogen-bond acceptors (Lipinski definition) is 6. The van der Waals surface area contributed by atoms with E-state index >= 15 is 0 Å². The summed E-state index contributed by atoms with van der Waals surface area (Å²) in [5, 5.41) is 0. The first-order valence-electron chi connectivity index (χ1n) is 7.98. The third-order valence-corrected chi connectivity index (χ3v) is 4.14. The summed E-state index contributed by atoms with van der Waals surface area (Å²) in [6.07, 6.45) is -0.558. The molecule has 138 valence electrons. The Kier molecular flexibility index (Phi) is 5.32. The van der Waals surface area contributed by atoms with Gasteiger partial charge in [-0.25, -0.2) is 13.6 Å². The van der Waals surface area contributed by atoms with Crippen molar-refractivity contribution in [3.05, 3.63) is 53.1 Å². The molecule has 1 aromatic carbocycles. The van der Waals surface area contributed by atoms with Gasteiger partial charge in [0.15, 0.2) is 0 Å². The van der Waals surface area contributed by atoms with Gasteiger partial charge in [0.1, 0.15) is 29.1 Å². The van der Waals surface area contributed by atoms with Crippen LogP contribution in [0, 0.1) is 11.6 Å². The largest absolute Gasteiger partial charge is 0.480 e. The van der Waals surface area contributed by atoms with Crippen LogP contribution in [0.1, 0.15) is 22.0 Å². The number of carbonyl (C=O) groups is 1. The van der Waals surface area contributed by atoms with Crippen molar-refractivity contribution in [3.63, 3.8) is 0 Å². The summed E-state index contributed by atoms with van der Waals surface area (Å²) >= 11 is 0. The van der Waals surface area contributed by atoms with Crippen LogP contribution in [0.4, 0.5) is 14.6 Å². The highest BCUT2D eigenvalue weighted by Gasteiger charge is 2.26. The Bertz CT molecular complexity index is 816. The van der Waals surface area contributed by atoms with Crippen molar-refractivity contribution in [2.24, 2.45) is 0 Å². The maximum Gasteiger partial charge on any atom is 0.343 e. The minimum Gasteiger partial charge on any atom is -0.480 e. The van der Waals surface area contributed by atoms with Crippen LogP contribution in [0.25, 0.3) is 0 Å². The molecule has 6 nitrogen and oxygen atoms in total. The molecular formula is C18H18F2N2O4. The Morgan fingerprint density at radius 2 is 2.08 bits per heavy atom. The van der Waals surface area contributed by atoms with Gasteiger partial charge in [-0.15, -0.1) is 0 Å². The average molecular weight is 364 g/mol. The van der Waals surface area contributed by atoms with Gasteiger partial charge in [-0.2, -0.15) is 4.98 Å². The molecule has 0 spiro atoms. The first-order chi connectivity index (χ1) is 12.5. The predicted octanol–water partition coefficient (Wildman–Crippen LogP) is 2.73. The van der Waals surface area contributed by atoms with Crippen LogP contribution in [0.2, 0.25) is 0 Å². The highest BCUT2D eigenvalue weighted by atomic mass is 19.1. The lowest BCUT2D eigenvalue weighted by atomic mass is 10.1. The van der Waals surface area contributed by atoms with Gasteiger partial charge < -0.3 is 19.1 Å². The molecule has 1 aromatic heterocycles.